The van der Waals surface area contributed by atoms with Crippen LogP contribution in [0.4, 0.5) is 10.2 Å². The van der Waals surface area contributed by atoms with E-state index in [2.05, 4.69) is 25.9 Å². The molecular weight excluding hydrogens is 499 g/mol. The molecule has 9 nitrogen and oxygen atoms in total. The molecular formula is C26H18ClFN6O3. The van der Waals surface area contributed by atoms with Gasteiger partial charge in [-0.2, -0.15) is 5.10 Å². The molecule has 0 radical (unpaired) electrons. The number of pyridine rings is 1. The second-order valence-corrected chi connectivity index (χ2v) is 8.22. The number of hydrogen-bond donors (Lipinski definition) is 2. The van der Waals surface area contributed by atoms with Crippen LogP contribution in [0.25, 0.3) is 16.9 Å². The largest absolute Gasteiger partial charge is 0.364 e. The van der Waals surface area contributed by atoms with E-state index < -0.39 is 17.6 Å². The molecule has 0 fully saturated rings. The molecule has 5 aromatic rings. The summed E-state index contributed by atoms with van der Waals surface area (Å²) < 4.78 is 20.8. The van der Waals surface area contributed by atoms with Crippen LogP contribution in [0, 0.1) is 5.82 Å². The normalized spacial score (nSPS) is 10.8. The molecule has 0 saturated heterocycles. The van der Waals surface area contributed by atoms with Crippen molar-refractivity contribution in [1.82, 2.24) is 25.2 Å². The Labute approximate surface area is 214 Å². The number of nitrogens with one attached hydrogen (secondary N) is 2. The number of rotatable bonds is 7. The van der Waals surface area contributed by atoms with Crippen LogP contribution in [0.1, 0.15) is 26.5 Å². The van der Waals surface area contributed by atoms with Crippen LogP contribution in [0.3, 0.4) is 0 Å². The van der Waals surface area contributed by atoms with Crippen molar-refractivity contribution in [2.24, 2.45) is 0 Å². The summed E-state index contributed by atoms with van der Waals surface area (Å²) in [6.45, 7) is 0.136. The third-order valence-electron chi connectivity index (χ3n) is 5.35. The van der Waals surface area contributed by atoms with E-state index in [1.54, 1.807) is 48.5 Å². The lowest BCUT2D eigenvalue weighted by Crippen LogP contribution is -2.23. The van der Waals surface area contributed by atoms with Crippen molar-refractivity contribution in [2.45, 2.75) is 6.54 Å². The topological polar surface area (TPSA) is 115 Å². The lowest BCUT2D eigenvalue weighted by atomic mass is 10.1. The molecule has 0 aliphatic rings. The minimum atomic E-state index is -0.617. The Morgan fingerprint density at radius 1 is 1.00 bits per heavy atom. The Bertz CT molecular complexity index is 1560. The molecule has 0 atom stereocenters. The average Bonchev–Trinajstić information content (AvgIpc) is 3.59. The van der Waals surface area contributed by atoms with Gasteiger partial charge in [0.05, 0.1) is 28.5 Å². The van der Waals surface area contributed by atoms with Gasteiger partial charge in [-0.25, -0.2) is 9.07 Å². The van der Waals surface area contributed by atoms with Gasteiger partial charge in [-0.3, -0.25) is 14.6 Å². The van der Waals surface area contributed by atoms with E-state index >= 15 is 0 Å². The molecule has 37 heavy (non-hydrogen) atoms. The fraction of sp³-hybridized carbons (Fsp3) is 0.0385. The SMILES string of the molecule is O=C(NCc1ccon1)c1cc(NC(=O)c2cc(-c3ccccn3)c(F)cc2Cl)n(-c2ccccc2)n1. The van der Waals surface area contributed by atoms with Gasteiger partial charge in [-0.05, 0) is 36.4 Å². The van der Waals surface area contributed by atoms with Gasteiger partial charge >= 0.3 is 0 Å². The van der Waals surface area contributed by atoms with E-state index in [1.807, 2.05) is 6.07 Å². The van der Waals surface area contributed by atoms with Crippen LogP contribution in [-0.2, 0) is 6.54 Å². The summed E-state index contributed by atoms with van der Waals surface area (Å²) in [5.74, 6) is -1.50. The standard InChI is InChI=1S/C26H18ClFN6O3/c27-20-13-21(28)19(22-8-4-5-10-29-22)12-18(20)25(35)31-24-14-23(26(36)30-15-16-9-11-37-33-16)32-34(24)17-6-2-1-3-7-17/h1-14H,15H2,(H,30,36)(H,31,35). The van der Waals surface area contributed by atoms with E-state index in [9.17, 15) is 14.0 Å². The van der Waals surface area contributed by atoms with Crippen LogP contribution >= 0.6 is 11.6 Å². The van der Waals surface area contributed by atoms with Gasteiger partial charge in [0.2, 0.25) is 0 Å². The van der Waals surface area contributed by atoms with Gasteiger partial charge in [0, 0.05) is 23.9 Å². The number of benzene rings is 2. The molecule has 0 unspecified atom stereocenters. The fourth-order valence-corrected chi connectivity index (χ4v) is 3.80. The predicted octanol–water partition coefficient (Wildman–Crippen LogP) is 4.90. The van der Waals surface area contributed by atoms with Crippen molar-refractivity contribution < 1.29 is 18.5 Å². The van der Waals surface area contributed by atoms with Crippen LogP contribution in [-0.4, -0.2) is 31.7 Å². The molecule has 0 spiro atoms. The molecule has 0 aliphatic heterocycles. The molecule has 5 rings (SSSR count). The Balaban J connectivity index is 1.46. The summed E-state index contributed by atoms with van der Waals surface area (Å²) in [7, 11) is 0. The highest BCUT2D eigenvalue weighted by molar-refractivity contribution is 6.34. The first-order valence-electron chi connectivity index (χ1n) is 11.0. The van der Waals surface area contributed by atoms with Gasteiger partial charge < -0.3 is 15.2 Å². The minimum absolute atomic E-state index is 0.0292. The maximum Gasteiger partial charge on any atom is 0.272 e. The molecule has 2 N–H and O–H groups in total. The number of carbonyl (C=O) groups is 2. The first-order chi connectivity index (χ1) is 18.0. The molecule has 3 aromatic heterocycles. The summed E-state index contributed by atoms with van der Waals surface area (Å²) in [4.78, 5) is 30.2. The van der Waals surface area contributed by atoms with Gasteiger partial charge in [-0.15, -0.1) is 0 Å². The number of hydrogen-bond acceptors (Lipinski definition) is 6. The zero-order valence-corrected chi connectivity index (χ0v) is 19.8. The number of carbonyl (C=O) groups excluding carboxylic acids is 2. The number of para-hydroxylation sites is 1. The highest BCUT2D eigenvalue weighted by atomic mass is 35.5. The average molecular weight is 517 g/mol. The van der Waals surface area contributed by atoms with E-state index in [-0.39, 0.29) is 34.2 Å². The number of nitrogens with zero attached hydrogens (tertiary/aromatic N) is 4. The highest BCUT2D eigenvalue weighted by Gasteiger charge is 2.21. The van der Waals surface area contributed by atoms with Crippen molar-refractivity contribution in [3.05, 3.63) is 113 Å². The van der Waals surface area contributed by atoms with E-state index in [4.69, 9.17) is 16.1 Å². The van der Waals surface area contributed by atoms with Crippen molar-refractivity contribution in [2.75, 3.05) is 5.32 Å². The van der Waals surface area contributed by atoms with Crippen LogP contribution in [0.15, 0.2) is 89.8 Å². The van der Waals surface area contributed by atoms with Gasteiger partial charge in [0.15, 0.2) is 5.69 Å². The third kappa shape index (κ3) is 5.24. The van der Waals surface area contributed by atoms with Crippen LogP contribution < -0.4 is 10.6 Å². The maximum atomic E-state index is 14.6. The maximum absolute atomic E-state index is 14.6. The van der Waals surface area contributed by atoms with Crippen molar-refractivity contribution in [1.29, 1.82) is 0 Å². The number of amides is 2. The van der Waals surface area contributed by atoms with Gasteiger partial charge in [0.1, 0.15) is 23.6 Å². The Kier molecular flexibility index (Phi) is 6.73. The Hall–Kier alpha value is -4.83. The number of anilines is 1. The molecule has 0 aliphatic carbocycles. The zero-order chi connectivity index (χ0) is 25.8. The molecule has 184 valence electrons. The summed E-state index contributed by atoms with van der Waals surface area (Å²) in [6.07, 6.45) is 2.93. The molecule has 0 bridgehead atoms. The molecule has 0 saturated carbocycles. The van der Waals surface area contributed by atoms with Crippen LogP contribution in [0.2, 0.25) is 5.02 Å². The fourth-order valence-electron chi connectivity index (χ4n) is 3.56. The third-order valence-corrected chi connectivity index (χ3v) is 5.66. The smallest absolute Gasteiger partial charge is 0.272 e. The van der Waals surface area contributed by atoms with Gasteiger partial charge in [0.25, 0.3) is 11.8 Å². The highest BCUT2D eigenvalue weighted by Crippen LogP contribution is 2.28. The summed E-state index contributed by atoms with van der Waals surface area (Å²) in [5, 5.41) is 13.5. The summed E-state index contributed by atoms with van der Waals surface area (Å²) >= 11 is 6.23. The Morgan fingerprint density at radius 3 is 2.54 bits per heavy atom. The minimum Gasteiger partial charge on any atom is -0.364 e. The van der Waals surface area contributed by atoms with E-state index in [0.29, 0.717) is 17.1 Å². The molecule has 11 heteroatoms. The first-order valence-corrected chi connectivity index (χ1v) is 11.4. The monoisotopic (exact) mass is 516 g/mol. The second kappa shape index (κ2) is 10.4. The molecule has 2 aromatic carbocycles. The van der Waals surface area contributed by atoms with E-state index in [1.165, 1.54) is 29.3 Å². The lowest BCUT2D eigenvalue weighted by Gasteiger charge is -2.11. The van der Waals surface area contributed by atoms with Crippen molar-refractivity contribution in [3.63, 3.8) is 0 Å². The zero-order valence-electron chi connectivity index (χ0n) is 19.1. The predicted molar refractivity (Wildman–Crippen MR) is 134 cm³/mol. The van der Waals surface area contributed by atoms with E-state index in [0.717, 1.165) is 6.07 Å². The lowest BCUT2D eigenvalue weighted by molar-refractivity contribution is 0.0943. The summed E-state index contributed by atoms with van der Waals surface area (Å²) in [6, 6.07) is 19.5. The first kappa shape index (κ1) is 23.9. The van der Waals surface area contributed by atoms with Crippen molar-refractivity contribution in [3.8, 4) is 16.9 Å². The molecule has 3 heterocycles. The molecule has 2 amide bonds. The number of halogens is 2. The second-order valence-electron chi connectivity index (χ2n) is 7.82. The number of aromatic nitrogens is 4. The Morgan fingerprint density at radius 2 is 1.81 bits per heavy atom. The summed E-state index contributed by atoms with van der Waals surface area (Å²) in [5.41, 5.74) is 1.71. The van der Waals surface area contributed by atoms with Crippen LogP contribution in [0.5, 0.6) is 0 Å². The van der Waals surface area contributed by atoms with Gasteiger partial charge in [-0.1, -0.05) is 41.0 Å². The van der Waals surface area contributed by atoms with Crippen molar-refractivity contribution >= 4 is 29.2 Å². The quantitative estimate of drug-likeness (QED) is 0.318.